The summed E-state index contributed by atoms with van der Waals surface area (Å²) in [6.07, 6.45) is -3.03. The van der Waals surface area contributed by atoms with Gasteiger partial charge in [0.15, 0.2) is 5.69 Å². The quantitative estimate of drug-likeness (QED) is 0.455. The molecule has 0 aliphatic heterocycles. The molecule has 1 amide bonds. The van der Waals surface area contributed by atoms with E-state index in [4.69, 9.17) is 0 Å². The van der Waals surface area contributed by atoms with Crippen LogP contribution in [-0.4, -0.2) is 20.7 Å². The highest BCUT2D eigenvalue weighted by atomic mass is 32.1. The molecule has 4 rings (SSSR count). The summed E-state index contributed by atoms with van der Waals surface area (Å²) in [5.41, 5.74) is 2.16. The van der Waals surface area contributed by atoms with Crippen molar-refractivity contribution in [2.75, 3.05) is 0 Å². The highest BCUT2D eigenvalue weighted by Gasteiger charge is 2.33. The fourth-order valence-electron chi connectivity index (χ4n) is 2.72. The maximum atomic E-state index is 12.7. The number of thiazole rings is 1. The second kappa shape index (κ2) is 8.41. The number of aromatic nitrogens is 3. The molecular formula is C20H15F3N4OS2. The number of benzene rings is 1. The Hall–Kier alpha value is -2.98. The van der Waals surface area contributed by atoms with Gasteiger partial charge in [-0.25, -0.2) is 9.67 Å². The molecule has 1 N–H and O–H groups in total. The van der Waals surface area contributed by atoms with Gasteiger partial charge in [0.25, 0.3) is 0 Å². The van der Waals surface area contributed by atoms with Crippen molar-refractivity contribution in [3.05, 3.63) is 75.7 Å². The van der Waals surface area contributed by atoms with Crippen molar-refractivity contribution in [2.24, 2.45) is 0 Å². The van der Waals surface area contributed by atoms with Crippen LogP contribution in [0.5, 0.6) is 0 Å². The van der Waals surface area contributed by atoms with Crippen LogP contribution in [-0.2, 0) is 23.9 Å². The van der Waals surface area contributed by atoms with Crippen molar-refractivity contribution in [2.45, 2.75) is 19.1 Å². The molecule has 0 aliphatic rings. The number of nitrogens with zero attached hydrogens (tertiary/aromatic N) is 3. The van der Waals surface area contributed by atoms with Crippen LogP contribution in [0.2, 0.25) is 0 Å². The van der Waals surface area contributed by atoms with E-state index in [1.54, 1.807) is 35.6 Å². The number of carbonyl (C=O) groups excluding carboxylic acids is 1. The predicted molar refractivity (Wildman–Crippen MR) is 110 cm³/mol. The second-order valence-corrected chi connectivity index (χ2v) is 8.06. The minimum absolute atomic E-state index is 0.150. The first kappa shape index (κ1) is 20.3. The Morgan fingerprint density at radius 1 is 1.10 bits per heavy atom. The number of hydrogen-bond acceptors (Lipinski definition) is 5. The molecule has 0 saturated heterocycles. The molecule has 10 heteroatoms. The van der Waals surface area contributed by atoms with Gasteiger partial charge in [0, 0.05) is 29.1 Å². The Kier molecular flexibility index (Phi) is 5.69. The average Bonchev–Trinajstić information content (AvgIpc) is 3.47. The van der Waals surface area contributed by atoms with E-state index in [0.29, 0.717) is 17.9 Å². The largest absolute Gasteiger partial charge is 0.435 e. The van der Waals surface area contributed by atoms with Gasteiger partial charge in [-0.05, 0) is 35.2 Å². The Balaban J connectivity index is 1.32. The summed E-state index contributed by atoms with van der Waals surface area (Å²) in [6.45, 7) is 0.313. The van der Waals surface area contributed by atoms with E-state index in [2.05, 4.69) is 15.4 Å². The zero-order valence-corrected chi connectivity index (χ0v) is 17.0. The fourth-order valence-corrected chi connectivity index (χ4v) is 4.25. The van der Waals surface area contributed by atoms with Crippen LogP contribution in [0, 0.1) is 0 Å². The molecule has 0 unspecified atom stereocenters. The van der Waals surface area contributed by atoms with E-state index >= 15 is 0 Å². The third-order valence-corrected chi connectivity index (χ3v) is 5.86. The van der Waals surface area contributed by atoms with Gasteiger partial charge in [0.1, 0.15) is 5.01 Å². The summed E-state index contributed by atoms with van der Waals surface area (Å²) in [5.74, 6) is -0.150. The van der Waals surface area contributed by atoms with Crippen molar-refractivity contribution in [3.63, 3.8) is 0 Å². The van der Waals surface area contributed by atoms with Crippen molar-refractivity contribution in [3.8, 4) is 16.3 Å². The number of amides is 1. The number of rotatable bonds is 6. The average molecular weight is 448 g/mol. The van der Waals surface area contributed by atoms with Crippen molar-refractivity contribution >= 4 is 28.6 Å². The van der Waals surface area contributed by atoms with Gasteiger partial charge in [0.05, 0.1) is 17.8 Å². The first-order valence-electron chi connectivity index (χ1n) is 8.84. The normalized spacial score (nSPS) is 11.6. The Morgan fingerprint density at radius 3 is 2.57 bits per heavy atom. The maximum Gasteiger partial charge on any atom is 0.435 e. The Bertz CT molecular complexity index is 1130. The van der Waals surface area contributed by atoms with Crippen LogP contribution in [0.25, 0.3) is 16.3 Å². The van der Waals surface area contributed by atoms with Crippen LogP contribution >= 0.6 is 22.7 Å². The molecule has 30 heavy (non-hydrogen) atoms. The molecule has 0 bridgehead atoms. The van der Waals surface area contributed by atoms with Gasteiger partial charge in [0.2, 0.25) is 5.91 Å². The summed E-state index contributed by atoms with van der Waals surface area (Å²) in [4.78, 5) is 16.7. The van der Waals surface area contributed by atoms with E-state index < -0.39 is 11.9 Å². The highest BCUT2D eigenvalue weighted by Crippen LogP contribution is 2.28. The first-order chi connectivity index (χ1) is 14.4. The van der Waals surface area contributed by atoms with Crippen molar-refractivity contribution in [1.29, 1.82) is 0 Å². The summed E-state index contributed by atoms with van der Waals surface area (Å²) in [7, 11) is 0. The summed E-state index contributed by atoms with van der Waals surface area (Å²) in [6, 6.07) is 9.70. The van der Waals surface area contributed by atoms with Gasteiger partial charge in [-0.3, -0.25) is 4.79 Å². The summed E-state index contributed by atoms with van der Waals surface area (Å²) in [5, 5.41) is 13.1. The molecule has 4 aromatic rings. The van der Waals surface area contributed by atoms with Gasteiger partial charge in [-0.1, -0.05) is 12.1 Å². The topological polar surface area (TPSA) is 59.8 Å². The Morgan fingerprint density at radius 2 is 1.90 bits per heavy atom. The molecule has 154 valence electrons. The number of nitrogens with one attached hydrogen (secondary N) is 1. The third-order valence-electron chi connectivity index (χ3n) is 4.23. The van der Waals surface area contributed by atoms with Crippen LogP contribution in [0.4, 0.5) is 13.2 Å². The second-order valence-electron chi connectivity index (χ2n) is 6.42. The lowest BCUT2D eigenvalue weighted by Gasteiger charge is -2.07. The molecular weight excluding hydrogens is 433 g/mol. The molecule has 3 aromatic heterocycles. The molecule has 0 radical (unpaired) electrons. The van der Waals surface area contributed by atoms with Gasteiger partial charge < -0.3 is 5.32 Å². The van der Waals surface area contributed by atoms with E-state index in [1.165, 1.54) is 22.2 Å². The van der Waals surface area contributed by atoms with Crippen molar-refractivity contribution in [1.82, 2.24) is 20.1 Å². The molecule has 1 aromatic carbocycles. The lowest BCUT2D eigenvalue weighted by molar-refractivity contribution is -0.141. The molecule has 0 spiro atoms. The zero-order valence-electron chi connectivity index (χ0n) is 15.4. The minimum atomic E-state index is -4.47. The monoisotopic (exact) mass is 448 g/mol. The van der Waals surface area contributed by atoms with Crippen LogP contribution < -0.4 is 5.32 Å². The predicted octanol–water partition coefficient (Wildman–Crippen LogP) is 4.94. The third kappa shape index (κ3) is 4.77. The lowest BCUT2D eigenvalue weighted by Crippen LogP contribution is -2.24. The number of carbonyl (C=O) groups is 1. The Labute approximate surface area is 177 Å². The minimum Gasteiger partial charge on any atom is -0.352 e. The van der Waals surface area contributed by atoms with Gasteiger partial charge in [-0.2, -0.15) is 29.6 Å². The van der Waals surface area contributed by atoms with E-state index in [1.807, 2.05) is 22.2 Å². The molecule has 0 aliphatic carbocycles. The number of halogens is 3. The van der Waals surface area contributed by atoms with Crippen molar-refractivity contribution < 1.29 is 18.0 Å². The van der Waals surface area contributed by atoms with Gasteiger partial charge in [-0.15, -0.1) is 11.3 Å². The zero-order chi connectivity index (χ0) is 21.1. The summed E-state index contributed by atoms with van der Waals surface area (Å²) < 4.78 is 39.2. The summed E-state index contributed by atoms with van der Waals surface area (Å²) >= 11 is 3.10. The number of hydrogen-bond donors (Lipinski definition) is 1. The van der Waals surface area contributed by atoms with E-state index in [-0.39, 0.29) is 12.3 Å². The molecule has 5 nitrogen and oxygen atoms in total. The van der Waals surface area contributed by atoms with Gasteiger partial charge >= 0.3 is 6.18 Å². The molecule has 0 saturated carbocycles. The highest BCUT2D eigenvalue weighted by molar-refractivity contribution is 7.14. The van der Waals surface area contributed by atoms with E-state index in [9.17, 15) is 18.0 Å². The molecule has 0 atom stereocenters. The van der Waals surface area contributed by atoms with E-state index in [0.717, 1.165) is 22.2 Å². The van der Waals surface area contributed by atoms with Crippen LogP contribution in [0.3, 0.4) is 0 Å². The lowest BCUT2D eigenvalue weighted by atomic mass is 10.2. The fraction of sp³-hybridized carbons (Fsp3) is 0.150. The number of alkyl halides is 3. The SMILES string of the molecule is O=C(Cc1csc(-c2ccsc2)n1)NCc1ccc(-n2ccc(C(F)(F)F)n2)cc1. The first-order valence-corrected chi connectivity index (χ1v) is 10.7. The molecule has 3 heterocycles. The smallest absolute Gasteiger partial charge is 0.352 e. The number of thiophene rings is 1. The van der Waals surface area contributed by atoms with Crippen LogP contribution in [0.15, 0.2) is 58.7 Å². The molecule has 0 fully saturated rings. The maximum absolute atomic E-state index is 12.7. The van der Waals surface area contributed by atoms with Crippen LogP contribution in [0.1, 0.15) is 17.0 Å². The standard InChI is InChI=1S/C20H15F3N4OS2/c21-20(22,23)17-5-7-27(26-17)16-3-1-13(2-4-16)10-24-18(28)9-15-12-30-19(25-15)14-6-8-29-11-14/h1-8,11-12H,9-10H2,(H,24,28).